The Labute approximate surface area is 72.2 Å². The summed E-state index contributed by atoms with van der Waals surface area (Å²) in [5, 5.41) is 0.873. The summed E-state index contributed by atoms with van der Waals surface area (Å²) in [6, 6.07) is 6.25. The molecule has 0 saturated carbocycles. The molecule has 1 heteroatoms. The Morgan fingerprint density at radius 2 is 2.27 bits per heavy atom. The smallest absolute Gasteiger partial charge is 0.0408 e. The Balaban J connectivity index is 2.50. The maximum absolute atomic E-state index is 5.87. The molecule has 0 bridgehead atoms. The van der Waals surface area contributed by atoms with E-state index in [1.165, 1.54) is 24.0 Å². The summed E-state index contributed by atoms with van der Waals surface area (Å²) >= 11 is 5.87. The highest BCUT2D eigenvalue weighted by Crippen LogP contribution is 2.33. The molecule has 0 heterocycles. The van der Waals surface area contributed by atoms with Crippen molar-refractivity contribution in [1.82, 2.24) is 0 Å². The highest BCUT2D eigenvalue weighted by Gasteiger charge is 2.17. The largest absolute Gasteiger partial charge is 0.0843 e. The van der Waals surface area contributed by atoms with Crippen molar-refractivity contribution >= 4 is 11.6 Å². The van der Waals surface area contributed by atoms with Gasteiger partial charge in [-0.3, -0.25) is 0 Å². The molecule has 1 aromatic rings. The van der Waals surface area contributed by atoms with Gasteiger partial charge in [-0.1, -0.05) is 24.6 Å². The van der Waals surface area contributed by atoms with E-state index in [2.05, 4.69) is 19.1 Å². The third-order valence-electron chi connectivity index (χ3n) is 2.48. The predicted molar refractivity (Wildman–Crippen MR) is 48.2 cm³/mol. The van der Waals surface area contributed by atoms with Gasteiger partial charge in [-0.25, -0.2) is 0 Å². The molecule has 0 nitrogen and oxygen atoms in total. The Morgan fingerprint density at radius 1 is 1.45 bits per heavy atom. The average molecular weight is 167 g/mol. The van der Waals surface area contributed by atoms with Crippen LogP contribution >= 0.6 is 11.6 Å². The number of rotatable bonds is 0. The van der Waals surface area contributed by atoms with Gasteiger partial charge in [0, 0.05) is 5.02 Å². The van der Waals surface area contributed by atoms with Crippen molar-refractivity contribution < 1.29 is 0 Å². The zero-order valence-electron chi connectivity index (χ0n) is 6.60. The molecule has 0 N–H and O–H groups in total. The van der Waals surface area contributed by atoms with Gasteiger partial charge in [0.05, 0.1) is 0 Å². The zero-order valence-corrected chi connectivity index (χ0v) is 7.36. The number of aryl methyl sites for hydroxylation is 1. The standard InChI is InChI=1S/C10H11Cl/c1-7-2-3-8-6-9(11)4-5-10(7)8/h4-7H,2-3H2,1H3/t7-/m0/s1. The summed E-state index contributed by atoms with van der Waals surface area (Å²) in [5.74, 6) is 0.738. The Hall–Kier alpha value is -0.490. The fraction of sp³-hybridized carbons (Fsp3) is 0.400. The second-order valence-corrected chi connectivity index (χ2v) is 3.72. The quantitative estimate of drug-likeness (QED) is 0.554. The predicted octanol–water partition coefficient (Wildman–Crippen LogP) is 3.39. The van der Waals surface area contributed by atoms with Crippen LogP contribution in [0.5, 0.6) is 0 Å². The molecular formula is C10H11Cl. The van der Waals surface area contributed by atoms with Gasteiger partial charge >= 0.3 is 0 Å². The van der Waals surface area contributed by atoms with E-state index in [1.807, 2.05) is 6.07 Å². The molecule has 0 aliphatic heterocycles. The molecule has 0 radical (unpaired) electrons. The zero-order chi connectivity index (χ0) is 7.84. The molecule has 0 unspecified atom stereocenters. The third-order valence-corrected chi connectivity index (χ3v) is 2.72. The van der Waals surface area contributed by atoms with Crippen molar-refractivity contribution in [2.45, 2.75) is 25.7 Å². The van der Waals surface area contributed by atoms with Crippen LogP contribution in [0.3, 0.4) is 0 Å². The van der Waals surface area contributed by atoms with Gasteiger partial charge < -0.3 is 0 Å². The fourth-order valence-electron chi connectivity index (χ4n) is 1.80. The average Bonchev–Trinajstić information content (AvgIpc) is 2.32. The first-order chi connectivity index (χ1) is 5.27. The fourth-order valence-corrected chi connectivity index (χ4v) is 1.99. The minimum absolute atomic E-state index is 0.738. The van der Waals surface area contributed by atoms with Crippen molar-refractivity contribution in [3.8, 4) is 0 Å². The Bertz CT molecular complexity index is 278. The van der Waals surface area contributed by atoms with Crippen LogP contribution in [0.25, 0.3) is 0 Å². The molecule has 0 saturated heterocycles. The summed E-state index contributed by atoms with van der Waals surface area (Å²) in [5.41, 5.74) is 2.94. The maximum Gasteiger partial charge on any atom is 0.0408 e. The summed E-state index contributed by atoms with van der Waals surface area (Å²) in [7, 11) is 0. The van der Waals surface area contributed by atoms with Crippen LogP contribution in [-0.2, 0) is 6.42 Å². The first-order valence-corrected chi connectivity index (χ1v) is 4.43. The van der Waals surface area contributed by atoms with Gasteiger partial charge in [-0.05, 0) is 42.0 Å². The summed E-state index contributed by atoms with van der Waals surface area (Å²) < 4.78 is 0. The molecule has 1 atom stereocenters. The molecule has 1 aromatic carbocycles. The lowest BCUT2D eigenvalue weighted by atomic mass is 10.0. The highest BCUT2D eigenvalue weighted by atomic mass is 35.5. The molecule has 11 heavy (non-hydrogen) atoms. The molecule has 0 spiro atoms. The normalized spacial score (nSPS) is 21.8. The van der Waals surface area contributed by atoms with Gasteiger partial charge in [-0.15, -0.1) is 0 Å². The minimum Gasteiger partial charge on any atom is -0.0843 e. The molecule has 2 rings (SSSR count). The second-order valence-electron chi connectivity index (χ2n) is 3.28. The number of halogens is 1. The Morgan fingerprint density at radius 3 is 3.09 bits per heavy atom. The molecule has 0 fully saturated rings. The molecule has 58 valence electrons. The van der Waals surface area contributed by atoms with Crippen LogP contribution in [0.1, 0.15) is 30.4 Å². The maximum atomic E-state index is 5.87. The summed E-state index contributed by atoms with van der Waals surface area (Å²) in [4.78, 5) is 0. The number of benzene rings is 1. The van der Waals surface area contributed by atoms with Crippen LogP contribution in [0, 0.1) is 0 Å². The molecule has 1 aliphatic rings. The molecule has 1 aliphatic carbocycles. The van der Waals surface area contributed by atoms with Crippen molar-refractivity contribution in [3.63, 3.8) is 0 Å². The second kappa shape index (κ2) is 2.53. The summed E-state index contributed by atoms with van der Waals surface area (Å²) in [6.07, 6.45) is 2.49. The van der Waals surface area contributed by atoms with Gasteiger partial charge in [-0.2, -0.15) is 0 Å². The van der Waals surface area contributed by atoms with E-state index in [0.29, 0.717) is 0 Å². The SMILES string of the molecule is C[C@H]1CCc2cc(Cl)ccc21. The van der Waals surface area contributed by atoms with Gasteiger partial charge in [0.2, 0.25) is 0 Å². The molecule has 0 amide bonds. The van der Waals surface area contributed by atoms with E-state index in [1.54, 1.807) is 0 Å². The molecule has 0 aromatic heterocycles. The molecular weight excluding hydrogens is 156 g/mol. The van der Waals surface area contributed by atoms with Crippen molar-refractivity contribution in [2.75, 3.05) is 0 Å². The van der Waals surface area contributed by atoms with Crippen LogP contribution in [0.15, 0.2) is 18.2 Å². The first kappa shape index (κ1) is 7.17. The highest BCUT2D eigenvalue weighted by molar-refractivity contribution is 6.30. The van der Waals surface area contributed by atoms with Crippen molar-refractivity contribution in [1.29, 1.82) is 0 Å². The van der Waals surface area contributed by atoms with Crippen LogP contribution in [0.2, 0.25) is 5.02 Å². The number of hydrogen-bond acceptors (Lipinski definition) is 0. The minimum atomic E-state index is 0.738. The van der Waals surface area contributed by atoms with E-state index in [9.17, 15) is 0 Å². The van der Waals surface area contributed by atoms with Crippen molar-refractivity contribution in [3.05, 3.63) is 34.3 Å². The van der Waals surface area contributed by atoms with Gasteiger partial charge in [0.15, 0.2) is 0 Å². The third kappa shape index (κ3) is 1.16. The van der Waals surface area contributed by atoms with Gasteiger partial charge in [0.1, 0.15) is 0 Å². The lowest BCUT2D eigenvalue weighted by Crippen LogP contribution is -1.84. The topological polar surface area (TPSA) is 0 Å². The van der Waals surface area contributed by atoms with Gasteiger partial charge in [0.25, 0.3) is 0 Å². The Kier molecular flexibility index (Phi) is 1.65. The first-order valence-electron chi connectivity index (χ1n) is 4.05. The number of fused-ring (bicyclic) bond motifs is 1. The van der Waals surface area contributed by atoms with Crippen LogP contribution < -0.4 is 0 Å². The summed E-state index contributed by atoms with van der Waals surface area (Å²) in [6.45, 7) is 2.28. The van der Waals surface area contributed by atoms with E-state index < -0.39 is 0 Å². The van der Waals surface area contributed by atoms with E-state index >= 15 is 0 Å². The van der Waals surface area contributed by atoms with E-state index in [4.69, 9.17) is 11.6 Å². The monoisotopic (exact) mass is 166 g/mol. The van der Waals surface area contributed by atoms with Crippen LogP contribution in [0.4, 0.5) is 0 Å². The van der Waals surface area contributed by atoms with Crippen LogP contribution in [-0.4, -0.2) is 0 Å². The van der Waals surface area contributed by atoms with E-state index in [-0.39, 0.29) is 0 Å². The lowest BCUT2D eigenvalue weighted by Gasteiger charge is -2.02. The number of hydrogen-bond donors (Lipinski definition) is 0. The van der Waals surface area contributed by atoms with E-state index in [0.717, 1.165) is 10.9 Å². The van der Waals surface area contributed by atoms with Crippen molar-refractivity contribution in [2.24, 2.45) is 0 Å². The lowest BCUT2D eigenvalue weighted by molar-refractivity contribution is 0.747.